The molecule has 2 nitrogen and oxygen atoms in total. The normalized spacial score (nSPS) is 18.5. The largest absolute Gasteiger partial charge is 0.271 e. The molecule has 1 aliphatic rings. The number of hydrogen-bond acceptors (Lipinski definition) is 2. The molecule has 0 aliphatic heterocycles. The van der Waals surface area contributed by atoms with Crippen molar-refractivity contribution in [2.75, 3.05) is 0 Å². The number of hydrogen-bond donors (Lipinski definition) is 2. The van der Waals surface area contributed by atoms with Crippen LogP contribution in [-0.4, -0.2) is 0 Å². The van der Waals surface area contributed by atoms with Crippen molar-refractivity contribution in [3.8, 4) is 0 Å². The molecule has 2 rings (SSSR count). The predicted molar refractivity (Wildman–Crippen MR) is 72.5 cm³/mol. The zero-order chi connectivity index (χ0) is 12.1. The lowest BCUT2D eigenvalue weighted by Crippen LogP contribution is -2.29. The van der Waals surface area contributed by atoms with Crippen LogP contribution in [0.15, 0.2) is 24.3 Å². The summed E-state index contributed by atoms with van der Waals surface area (Å²) in [7, 11) is 0. The van der Waals surface area contributed by atoms with Gasteiger partial charge in [0, 0.05) is 6.04 Å². The zero-order valence-corrected chi connectivity index (χ0v) is 10.8. The standard InChI is InChI=1S/C15H24N2/c1-2-12-8-5-9-14(10-12)15(17-16)11-13-6-3-4-7-13/h5,8-10,13,15,17H,2-4,6-7,11,16H2,1H3. The highest BCUT2D eigenvalue weighted by Gasteiger charge is 2.20. The fourth-order valence-corrected chi connectivity index (χ4v) is 2.91. The Hall–Kier alpha value is -0.860. The SMILES string of the molecule is CCc1cccc(C(CC2CCCC2)NN)c1. The number of nitrogens with one attached hydrogen (secondary N) is 1. The van der Waals surface area contributed by atoms with Crippen LogP contribution in [0.25, 0.3) is 0 Å². The van der Waals surface area contributed by atoms with Crippen molar-refractivity contribution in [1.29, 1.82) is 0 Å². The number of rotatable bonds is 5. The van der Waals surface area contributed by atoms with Gasteiger partial charge in [-0.1, -0.05) is 56.9 Å². The summed E-state index contributed by atoms with van der Waals surface area (Å²) in [5, 5.41) is 0. The van der Waals surface area contributed by atoms with Crippen LogP contribution in [0.3, 0.4) is 0 Å². The molecular formula is C15H24N2. The summed E-state index contributed by atoms with van der Waals surface area (Å²) in [6, 6.07) is 9.14. The fraction of sp³-hybridized carbons (Fsp3) is 0.600. The molecule has 1 aromatic rings. The Bertz CT molecular complexity index is 343. The van der Waals surface area contributed by atoms with Gasteiger partial charge in [-0.2, -0.15) is 0 Å². The van der Waals surface area contributed by atoms with Gasteiger partial charge in [0.25, 0.3) is 0 Å². The molecule has 0 saturated heterocycles. The molecule has 0 amide bonds. The van der Waals surface area contributed by atoms with E-state index in [1.807, 2.05) is 0 Å². The van der Waals surface area contributed by atoms with Crippen molar-refractivity contribution in [1.82, 2.24) is 5.43 Å². The first-order valence-corrected chi connectivity index (χ1v) is 6.88. The monoisotopic (exact) mass is 232 g/mol. The number of nitrogens with two attached hydrogens (primary N) is 1. The number of benzene rings is 1. The lowest BCUT2D eigenvalue weighted by molar-refractivity contribution is 0.400. The summed E-state index contributed by atoms with van der Waals surface area (Å²) >= 11 is 0. The Morgan fingerprint density at radius 3 is 2.76 bits per heavy atom. The van der Waals surface area contributed by atoms with E-state index < -0.39 is 0 Å². The maximum absolute atomic E-state index is 5.72. The molecule has 94 valence electrons. The Morgan fingerprint density at radius 2 is 2.12 bits per heavy atom. The maximum atomic E-state index is 5.72. The molecule has 1 aliphatic carbocycles. The van der Waals surface area contributed by atoms with Crippen LogP contribution in [0.2, 0.25) is 0 Å². The minimum atomic E-state index is 0.324. The Kier molecular flexibility index (Phi) is 4.57. The molecule has 2 heteroatoms. The third kappa shape index (κ3) is 3.30. The molecule has 1 atom stereocenters. The van der Waals surface area contributed by atoms with Gasteiger partial charge in [0.05, 0.1) is 0 Å². The van der Waals surface area contributed by atoms with Gasteiger partial charge in [-0.15, -0.1) is 0 Å². The van der Waals surface area contributed by atoms with E-state index in [2.05, 4.69) is 36.6 Å². The molecule has 1 fully saturated rings. The van der Waals surface area contributed by atoms with Crippen LogP contribution >= 0.6 is 0 Å². The van der Waals surface area contributed by atoms with Crippen molar-refractivity contribution in [2.45, 2.75) is 51.5 Å². The van der Waals surface area contributed by atoms with Crippen molar-refractivity contribution < 1.29 is 0 Å². The first kappa shape index (κ1) is 12.6. The smallest absolute Gasteiger partial charge is 0.0462 e. The van der Waals surface area contributed by atoms with Crippen LogP contribution < -0.4 is 11.3 Å². The second-order valence-electron chi connectivity index (χ2n) is 5.20. The van der Waals surface area contributed by atoms with E-state index >= 15 is 0 Å². The summed E-state index contributed by atoms with van der Waals surface area (Å²) in [5.74, 6) is 6.59. The molecule has 17 heavy (non-hydrogen) atoms. The summed E-state index contributed by atoms with van der Waals surface area (Å²) in [5.41, 5.74) is 5.74. The molecule has 0 heterocycles. The van der Waals surface area contributed by atoms with Gasteiger partial charge in [-0.05, 0) is 29.9 Å². The van der Waals surface area contributed by atoms with Gasteiger partial charge in [0.2, 0.25) is 0 Å². The van der Waals surface area contributed by atoms with Crippen LogP contribution in [0.4, 0.5) is 0 Å². The van der Waals surface area contributed by atoms with E-state index in [4.69, 9.17) is 5.84 Å². The van der Waals surface area contributed by atoms with Crippen LogP contribution in [0.5, 0.6) is 0 Å². The molecule has 0 aromatic heterocycles. The minimum absolute atomic E-state index is 0.324. The van der Waals surface area contributed by atoms with Crippen LogP contribution in [-0.2, 0) is 6.42 Å². The Morgan fingerprint density at radius 1 is 1.35 bits per heavy atom. The highest BCUT2D eigenvalue weighted by Crippen LogP contribution is 2.32. The maximum Gasteiger partial charge on any atom is 0.0462 e. The van der Waals surface area contributed by atoms with Gasteiger partial charge in [0.15, 0.2) is 0 Å². The summed E-state index contributed by atoms with van der Waals surface area (Å²) in [6.07, 6.45) is 7.84. The summed E-state index contributed by atoms with van der Waals surface area (Å²) in [6.45, 7) is 2.20. The first-order valence-electron chi connectivity index (χ1n) is 6.88. The van der Waals surface area contributed by atoms with E-state index in [-0.39, 0.29) is 0 Å². The average molecular weight is 232 g/mol. The van der Waals surface area contributed by atoms with Gasteiger partial charge in [0.1, 0.15) is 0 Å². The molecule has 1 unspecified atom stereocenters. The Labute approximate surface area is 105 Å². The first-order chi connectivity index (χ1) is 8.33. The summed E-state index contributed by atoms with van der Waals surface area (Å²) in [4.78, 5) is 0. The molecule has 1 saturated carbocycles. The topological polar surface area (TPSA) is 38.0 Å². The Balaban J connectivity index is 2.04. The van der Waals surface area contributed by atoms with Gasteiger partial charge in [-0.25, -0.2) is 0 Å². The van der Waals surface area contributed by atoms with E-state index in [1.54, 1.807) is 0 Å². The minimum Gasteiger partial charge on any atom is -0.271 e. The van der Waals surface area contributed by atoms with E-state index in [9.17, 15) is 0 Å². The van der Waals surface area contributed by atoms with Crippen molar-refractivity contribution in [3.05, 3.63) is 35.4 Å². The van der Waals surface area contributed by atoms with E-state index in [0.717, 1.165) is 12.3 Å². The lowest BCUT2D eigenvalue weighted by atomic mass is 9.93. The molecule has 0 bridgehead atoms. The van der Waals surface area contributed by atoms with Gasteiger partial charge < -0.3 is 0 Å². The van der Waals surface area contributed by atoms with E-state index in [0.29, 0.717) is 6.04 Å². The molecule has 0 spiro atoms. The fourth-order valence-electron chi connectivity index (χ4n) is 2.91. The average Bonchev–Trinajstić information content (AvgIpc) is 2.89. The number of hydrazine groups is 1. The van der Waals surface area contributed by atoms with Crippen LogP contribution in [0.1, 0.15) is 56.2 Å². The molecule has 0 radical (unpaired) electrons. The van der Waals surface area contributed by atoms with Crippen molar-refractivity contribution >= 4 is 0 Å². The van der Waals surface area contributed by atoms with Gasteiger partial charge in [-0.3, -0.25) is 11.3 Å². The second kappa shape index (κ2) is 6.18. The highest BCUT2D eigenvalue weighted by atomic mass is 15.2. The van der Waals surface area contributed by atoms with Crippen molar-refractivity contribution in [3.63, 3.8) is 0 Å². The number of aryl methyl sites for hydroxylation is 1. The second-order valence-corrected chi connectivity index (χ2v) is 5.20. The molecule has 1 aromatic carbocycles. The predicted octanol–water partition coefficient (Wildman–Crippen LogP) is 3.33. The van der Waals surface area contributed by atoms with Gasteiger partial charge >= 0.3 is 0 Å². The zero-order valence-electron chi connectivity index (χ0n) is 10.8. The molecule has 3 N–H and O–H groups in total. The van der Waals surface area contributed by atoms with Crippen LogP contribution in [0, 0.1) is 5.92 Å². The third-order valence-electron chi connectivity index (χ3n) is 4.01. The molecular weight excluding hydrogens is 208 g/mol. The highest BCUT2D eigenvalue weighted by molar-refractivity contribution is 5.26. The summed E-state index contributed by atoms with van der Waals surface area (Å²) < 4.78 is 0. The quantitative estimate of drug-likeness (QED) is 0.603. The lowest BCUT2D eigenvalue weighted by Gasteiger charge is -2.20. The van der Waals surface area contributed by atoms with E-state index in [1.165, 1.54) is 43.2 Å². The van der Waals surface area contributed by atoms with Crippen molar-refractivity contribution in [2.24, 2.45) is 11.8 Å². The third-order valence-corrected chi connectivity index (χ3v) is 4.01.